The lowest BCUT2D eigenvalue weighted by molar-refractivity contribution is -0.139. The predicted molar refractivity (Wildman–Crippen MR) is 107 cm³/mol. The Morgan fingerprint density at radius 2 is 2.21 bits per heavy atom. The zero-order valence-corrected chi connectivity index (χ0v) is 17.4. The molecule has 2 aromatic heterocycles. The Bertz CT molecular complexity index is 797. The summed E-state index contributed by atoms with van der Waals surface area (Å²) in [5, 5.41) is 10.5. The second-order valence-electron chi connectivity index (χ2n) is 5.94. The van der Waals surface area contributed by atoms with Crippen LogP contribution < -0.4 is 15.4 Å². The average molecular weight is 511 g/mol. The van der Waals surface area contributed by atoms with E-state index in [4.69, 9.17) is 4.74 Å². The minimum atomic E-state index is -4.50. The van der Waals surface area contributed by atoms with Crippen molar-refractivity contribution in [1.29, 1.82) is 0 Å². The van der Waals surface area contributed by atoms with E-state index in [1.54, 1.807) is 7.05 Å². The van der Waals surface area contributed by atoms with Gasteiger partial charge in [-0.3, -0.25) is 4.99 Å². The van der Waals surface area contributed by atoms with Crippen molar-refractivity contribution < 1.29 is 17.9 Å². The molecule has 28 heavy (non-hydrogen) atoms. The number of nitrogens with zero attached hydrogens (tertiary/aromatic N) is 5. The number of aliphatic imine (C=N–C) groups is 1. The number of hydrogen-bond donors (Lipinski definition) is 2. The van der Waals surface area contributed by atoms with Crippen LogP contribution in [0.25, 0.3) is 0 Å². The van der Waals surface area contributed by atoms with Crippen LogP contribution in [-0.2, 0) is 19.1 Å². The molecule has 0 amide bonds. The van der Waals surface area contributed by atoms with Gasteiger partial charge >= 0.3 is 6.18 Å². The van der Waals surface area contributed by atoms with E-state index >= 15 is 0 Å². The lowest BCUT2D eigenvalue weighted by Crippen LogP contribution is -2.47. The van der Waals surface area contributed by atoms with E-state index in [1.807, 2.05) is 4.68 Å². The van der Waals surface area contributed by atoms with E-state index < -0.39 is 17.6 Å². The molecule has 2 N–H and O–H groups in total. The summed E-state index contributed by atoms with van der Waals surface area (Å²) in [6.45, 7) is 0.961. The molecule has 3 rings (SSSR count). The fraction of sp³-hybridized carbons (Fsp3) is 0.500. The highest BCUT2D eigenvalue weighted by atomic mass is 127. The summed E-state index contributed by atoms with van der Waals surface area (Å²) in [6.07, 6.45) is 0.00115. The van der Waals surface area contributed by atoms with E-state index in [-0.39, 0.29) is 43.2 Å². The molecule has 0 aliphatic carbocycles. The molecule has 1 unspecified atom stereocenters. The van der Waals surface area contributed by atoms with Crippen LogP contribution >= 0.6 is 24.0 Å². The topological polar surface area (TPSA) is 89.2 Å². The van der Waals surface area contributed by atoms with Gasteiger partial charge in [0.1, 0.15) is 24.3 Å². The molecule has 0 saturated carbocycles. The molecule has 8 nitrogen and oxygen atoms in total. The van der Waals surface area contributed by atoms with Crippen LogP contribution in [0.15, 0.2) is 29.6 Å². The van der Waals surface area contributed by atoms with E-state index in [9.17, 15) is 13.2 Å². The first-order chi connectivity index (χ1) is 13.0. The fourth-order valence-electron chi connectivity index (χ4n) is 2.78. The van der Waals surface area contributed by atoms with Crippen LogP contribution in [0, 0.1) is 0 Å². The van der Waals surface area contributed by atoms with Gasteiger partial charge in [-0.05, 0) is 18.6 Å². The molecule has 2 aromatic rings. The highest BCUT2D eigenvalue weighted by Gasteiger charge is 2.35. The molecule has 1 aliphatic rings. The van der Waals surface area contributed by atoms with Crippen molar-refractivity contribution in [2.75, 3.05) is 20.2 Å². The molecular weight excluding hydrogens is 490 g/mol. The summed E-state index contributed by atoms with van der Waals surface area (Å²) in [6, 6.07) is 2.31. The Morgan fingerprint density at radius 1 is 1.39 bits per heavy atom. The lowest BCUT2D eigenvalue weighted by Gasteiger charge is -2.25. The molecule has 154 valence electrons. The Kier molecular flexibility index (Phi) is 7.83. The molecule has 0 radical (unpaired) electrons. The maximum Gasteiger partial charge on any atom is 0.421 e. The molecule has 1 atom stereocenters. The molecular formula is C16H21F3IN7O. The van der Waals surface area contributed by atoms with Crippen molar-refractivity contribution in [2.45, 2.75) is 31.6 Å². The van der Waals surface area contributed by atoms with Crippen molar-refractivity contribution in [1.82, 2.24) is 30.4 Å². The van der Waals surface area contributed by atoms with Gasteiger partial charge in [0.05, 0.1) is 13.1 Å². The van der Waals surface area contributed by atoms with Crippen LogP contribution in [0.2, 0.25) is 0 Å². The van der Waals surface area contributed by atoms with Gasteiger partial charge in [0.2, 0.25) is 5.88 Å². The van der Waals surface area contributed by atoms with Gasteiger partial charge in [-0.25, -0.2) is 14.6 Å². The predicted octanol–water partition coefficient (Wildman–Crippen LogP) is 1.87. The summed E-state index contributed by atoms with van der Waals surface area (Å²) in [5.41, 5.74) is -0.890. The number of halogens is 4. The van der Waals surface area contributed by atoms with Crippen LogP contribution in [0.5, 0.6) is 5.88 Å². The van der Waals surface area contributed by atoms with Crippen LogP contribution in [0.3, 0.4) is 0 Å². The van der Waals surface area contributed by atoms with Crippen molar-refractivity contribution in [3.05, 3.63) is 36.0 Å². The minimum Gasteiger partial charge on any atom is -0.475 e. The monoisotopic (exact) mass is 511 g/mol. The van der Waals surface area contributed by atoms with Crippen molar-refractivity contribution in [2.24, 2.45) is 4.99 Å². The number of aryl methyl sites for hydroxylation is 1. The third kappa shape index (κ3) is 5.69. The Labute approximate surface area is 177 Å². The van der Waals surface area contributed by atoms with Gasteiger partial charge in [-0.2, -0.15) is 18.3 Å². The number of guanidine groups is 1. The zero-order valence-electron chi connectivity index (χ0n) is 15.1. The maximum absolute atomic E-state index is 12.9. The Balaban J connectivity index is 0.00000280. The number of ether oxygens (including phenoxy) is 1. The van der Waals surface area contributed by atoms with E-state index in [0.717, 1.165) is 24.7 Å². The molecule has 3 heterocycles. The zero-order chi connectivity index (χ0) is 19.3. The van der Waals surface area contributed by atoms with Gasteiger partial charge in [0.15, 0.2) is 5.96 Å². The standard InChI is InChI=1S/C16H20F3N7O.HI/c1-20-15(25-11-4-5-13-23-10-24-26(13)9-11)22-7-8-27-14-12(16(17,18)19)3-2-6-21-14;/h2-3,6,10-11H,4-5,7-9H2,1H3,(H2,20,22,25);1H. The van der Waals surface area contributed by atoms with Crippen LogP contribution in [0.1, 0.15) is 17.8 Å². The number of hydrogen-bond acceptors (Lipinski definition) is 5. The normalized spacial score (nSPS) is 16.7. The number of nitrogens with one attached hydrogen (secondary N) is 2. The minimum absolute atomic E-state index is 0. The first-order valence-corrected chi connectivity index (χ1v) is 8.46. The molecule has 1 aliphatic heterocycles. The average Bonchev–Trinajstić information content (AvgIpc) is 3.11. The van der Waals surface area contributed by atoms with Gasteiger partial charge < -0.3 is 15.4 Å². The SMILES string of the molecule is CN=C(NCCOc1ncccc1C(F)(F)F)NC1CCc2ncnn2C1.I. The number of rotatable bonds is 5. The maximum atomic E-state index is 12.9. The van der Waals surface area contributed by atoms with E-state index in [2.05, 4.69) is 30.7 Å². The quantitative estimate of drug-likeness (QED) is 0.276. The van der Waals surface area contributed by atoms with Crippen molar-refractivity contribution in [3.63, 3.8) is 0 Å². The molecule has 0 bridgehead atoms. The highest BCUT2D eigenvalue weighted by Crippen LogP contribution is 2.34. The second-order valence-corrected chi connectivity index (χ2v) is 5.94. The summed E-state index contributed by atoms with van der Waals surface area (Å²) in [5.74, 6) is 1.07. The number of alkyl halides is 3. The van der Waals surface area contributed by atoms with E-state index in [1.165, 1.54) is 18.6 Å². The fourth-order valence-corrected chi connectivity index (χ4v) is 2.78. The summed E-state index contributed by atoms with van der Waals surface area (Å²) in [4.78, 5) is 12.0. The summed E-state index contributed by atoms with van der Waals surface area (Å²) < 4.78 is 45.8. The Hall–Kier alpha value is -2.12. The third-order valence-corrected chi connectivity index (χ3v) is 4.08. The first-order valence-electron chi connectivity index (χ1n) is 8.46. The largest absolute Gasteiger partial charge is 0.475 e. The second kappa shape index (κ2) is 9.89. The van der Waals surface area contributed by atoms with Gasteiger partial charge in [-0.15, -0.1) is 24.0 Å². The number of pyridine rings is 1. The number of fused-ring (bicyclic) bond motifs is 1. The van der Waals surface area contributed by atoms with Crippen molar-refractivity contribution in [3.8, 4) is 5.88 Å². The highest BCUT2D eigenvalue weighted by molar-refractivity contribution is 14.0. The van der Waals surface area contributed by atoms with Crippen LogP contribution in [-0.4, -0.2) is 51.9 Å². The summed E-state index contributed by atoms with van der Waals surface area (Å²) in [7, 11) is 1.63. The third-order valence-electron chi connectivity index (χ3n) is 4.08. The number of aromatic nitrogens is 4. The molecule has 0 fully saturated rings. The molecule has 12 heteroatoms. The van der Waals surface area contributed by atoms with Crippen LogP contribution in [0.4, 0.5) is 13.2 Å². The van der Waals surface area contributed by atoms with Gasteiger partial charge in [0.25, 0.3) is 0 Å². The summed E-state index contributed by atoms with van der Waals surface area (Å²) >= 11 is 0. The molecule has 0 spiro atoms. The smallest absolute Gasteiger partial charge is 0.421 e. The lowest BCUT2D eigenvalue weighted by atomic mass is 10.1. The molecule has 0 saturated heterocycles. The van der Waals surface area contributed by atoms with E-state index in [0.29, 0.717) is 12.5 Å². The Morgan fingerprint density at radius 3 is 2.96 bits per heavy atom. The molecule has 0 aromatic carbocycles. The van der Waals surface area contributed by atoms with Gasteiger partial charge in [0, 0.05) is 25.7 Å². The van der Waals surface area contributed by atoms with Gasteiger partial charge in [-0.1, -0.05) is 0 Å². The first kappa shape index (κ1) is 22.2. The van der Waals surface area contributed by atoms with Crippen molar-refractivity contribution >= 4 is 29.9 Å².